The van der Waals surface area contributed by atoms with Crippen LogP contribution in [0.15, 0.2) is 53.5 Å². The molecule has 2 aromatic rings. The molecular formula is C23H30N4O2. The van der Waals surface area contributed by atoms with Crippen molar-refractivity contribution in [2.24, 2.45) is 4.99 Å². The van der Waals surface area contributed by atoms with E-state index >= 15 is 0 Å². The van der Waals surface area contributed by atoms with Gasteiger partial charge < -0.3 is 20.3 Å². The van der Waals surface area contributed by atoms with E-state index in [1.807, 2.05) is 48.2 Å². The van der Waals surface area contributed by atoms with Crippen molar-refractivity contribution in [3.63, 3.8) is 0 Å². The van der Waals surface area contributed by atoms with Gasteiger partial charge in [-0.1, -0.05) is 24.3 Å². The molecule has 2 aromatic carbocycles. The van der Waals surface area contributed by atoms with Gasteiger partial charge in [0.1, 0.15) is 5.75 Å². The van der Waals surface area contributed by atoms with Crippen LogP contribution in [0.1, 0.15) is 37.8 Å². The molecule has 0 spiro atoms. The minimum Gasteiger partial charge on any atom is -0.494 e. The van der Waals surface area contributed by atoms with Crippen molar-refractivity contribution in [3.05, 3.63) is 59.7 Å². The number of ether oxygens (including phenoxy) is 1. The average molecular weight is 395 g/mol. The summed E-state index contributed by atoms with van der Waals surface area (Å²) in [5.74, 6) is 1.86. The fourth-order valence-electron chi connectivity index (χ4n) is 3.31. The van der Waals surface area contributed by atoms with Crippen LogP contribution in [0.2, 0.25) is 0 Å². The molecule has 1 aliphatic heterocycles. The Hall–Kier alpha value is -3.02. The lowest BCUT2D eigenvalue weighted by Gasteiger charge is -2.16. The second-order valence-electron chi connectivity index (χ2n) is 6.94. The molecule has 0 aliphatic carbocycles. The van der Waals surface area contributed by atoms with Gasteiger partial charge in [0.25, 0.3) is 0 Å². The SMILES string of the molecule is CCNC(=NCc1cccc(OCC)c1)NCc1ccc(N2CCCC2=O)cc1. The number of nitrogens with one attached hydrogen (secondary N) is 2. The van der Waals surface area contributed by atoms with Crippen LogP contribution in [-0.2, 0) is 17.9 Å². The first kappa shape index (κ1) is 20.7. The Kier molecular flexibility index (Phi) is 7.50. The lowest BCUT2D eigenvalue weighted by molar-refractivity contribution is -0.117. The Morgan fingerprint density at radius 2 is 1.93 bits per heavy atom. The first-order chi connectivity index (χ1) is 14.2. The van der Waals surface area contributed by atoms with E-state index < -0.39 is 0 Å². The molecule has 0 unspecified atom stereocenters. The molecule has 0 atom stereocenters. The third-order valence-electron chi connectivity index (χ3n) is 4.75. The molecule has 1 heterocycles. The molecule has 1 saturated heterocycles. The standard InChI is InChI=1S/C23H30N4O2/c1-3-24-23(26-17-19-7-5-8-21(15-19)29-4-2)25-16-18-10-12-20(13-11-18)27-14-6-9-22(27)28/h5,7-8,10-13,15H,3-4,6,9,14,16-17H2,1-2H3,(H2,24,25,26). The molecule has 1 fully saturated rings. The van der Waals surface area contributed by atoms with Crippen LogP contribution in [0.25, 0.3) is 0 Å². The zero-order valence-corrected chi connectivity index (χ0v) is 17.3. The quantitative estimate of drug-likeness (QED) is 0.532. The number of rotatable bonds is 8. The van der Waals surface area contributed by atoms with Gasteiger partial charge in [0.2, 0.25) is 5.91 Å². The van der Waals surface area contributed by atoms with E-state index in [4.69, 9.17) is 4.74 Å². The van der Waals surface area contributed by atoms with E-state index in [1.54, 1.807) is 0 Å². The van der Waals surface area contributed by atoms with Crippen LogP contribution < -0.4 is 20.3 Å². The number of carbonyl (C=O) groups excluding carboxylic acids is 1. The first-order valence-electron chi connectivity index (χ1n) is 10.3. The molecule has 2 N–H and O–H groups in total. The van der Waals surface area contributed by atoms with Gasteiger partial charge in [0, 0.05) is 31.7 Å². The summed E-state index contributed by atoms with van der Waals surface area (Å²) in [6.07, 6.45) is 1.59. The molecule has 0 radical (unpaired) electrons. The maximum atomic E-state index is 11.9. The number of carbonyl (C=O) groups is 1. The number of hydrogen-bond donors (Lipinski definition) is 2. The highest BCUT2D eigenvalue weighted by Gasteiger charge is 2.21. The molecule has 154 valence electrons. The molecule has 6 nitrogen and oxygen atoms in total. The van der Waals surface area contributed by atoms with Crippen molar-refractivity contribution < 1.29 is 9.53 Å². The van der Waals surface area contributed by atoms with Crippen molar-refractivity contribution in [1.29, 1.82) is 0 Å². The predicted molar refractivity (Wildman–Crippen MR) is 117 cm³/mol. The third kappa shape index (κ3) is 5.98. The van der Waals surface area contributed by atoms with Crippen LogP contribution in [0.4, 0.5) is 5.69 Å². The van der Waals surface area contributed by atoms with Crippen LogP contribution >= 0.6 is 0 Å². The van der Waals surface area contributed by atoms with Gasteiger partial charge in [0.05, 0.1) is 13.2 Å². The second-order valence-corrected chi connectivity index (χ2v) is 6.94. The number of aliphatic imine (C=N–C) groups is 1. The highest BCUT2D eigenvalue weighted by Crippen LogP contribution is 2.21. The summed E-state index contributed by atoms with van der Waals surface area (Å²) in [6.45, 7) is 7.54. The summed E-state index contributed by atoms with van der Waals surface area (Å²) in [6, 6.07) is 16.2. The summed E-state index contributed by atoms with van der Waals surface area (Å²) in [5, 5.41) is 6.65. The van der Waals surface area contributed by atoms with Crippen LogP contribution in [0.5, 0.6) is 5.75 Å². The normalized spacial score (nSPS) is 14.2. The number of hydrogen-bond acceptors (Lipinski definition) is 3. The zero-order chi connectivity index (χ0) is 20.5. The Morgan fingerprint density at radius 3 is 2.62 bits per heavy atom. The summed E-state index contributed by atoms with van der Waals surface area (Å²) in [5.41, 5.74) is 3.23. The lowest BCUT2D eigenvalue weighted by atomic mass is 10.2. The van der Waals surface area contributed by atoms with E-state index in [1.165, 1.54) is 0 Å². The molecule has 0 bridgehead atoms. The topological polar surface area (TPSA) is 66.0 Å². The van der Waals surface area contributed by atoms with Crippen molar-refractivity contribution in [2.75, 3.05) is 24.6 Å². The predicted octanol–water partition coefficient (Wildman–Crippen LogP) is 3.47. The molecule has 0 saturated carbocycles. The molecule has 3 rings (SSSR count). The van der Waals surface area contributed by atoms with Crippen molar-refractivity contribution >= 4 is 17.6 Å². The lowest BCUT2D eigenvalue weighted by Crippen LogP contribution is -2.36. The fourth-order valence-corrected chi connectivity index (χ4v) is 3.31. The van der Waals surface area contributed by atoms with Gasteiger partial charge in [0.15, 0.2) is 5.96 Å². The van der Waals surface area contributed by atoms with Crippen molar-refractivity contribution in [3.8, 4) is 5.75 Å². The van der Waals surface area contributed by atoms with Gasteiger partial charge in [-0.2, -0.15) is 0 Å². The summed E-state index contributed by atoms with van der Waals surface area (Å²) in [4.78, 5) is 18.4. The number of anilines is 1. The van der Waals surface area contributed by atoms with Crippen LogP contribution in [-0.4, -0.2) is 31.6 Å². The Bertz CT molecular complexity index is 833. The second kappa shape index (κ2) is 10.5. The van der Waals surface area contributed by atoms with Crippen molar-refractivity contribution in [2.45, 2.75) is 39.8 Å². The Labute approximate surface area is 173 Å². The summed E-state index contributed by atoms with van der Waals surface area (Å²) in [7, 11) is 0. The molecule has 0 aromatic heterocycles. The van der Waals surface area contributed by atoms with E-state index in [9.17, 15) is 4.79 Å². The monoisotopic (exact) mass is 394 g/mol. The molecular weight excluding hydrogens is 364 g/mol. The molecule has 29 heavy (non-hydrogen) atoms. The van der Waals surface area contributed by atoms with Gasteiger partial charge in [-0.3, -0.25) is 4.79 Å². The first-order valence-corrected chi connectivity index (χ1v) is 10.3. The molecule has 1 amide bonds. The largest absolute Gasteiger partial charge is 0.494 e. The van der Waals surface area contributed by atoms with Crippen LogP contribution in [0, 0.1) is 0 Å². The minimum absolute atomic E-state index is 0.214. The smallest absolute Gasteiger partial charge is 0.227 e. The average Bonchev–Trinajstić information content (AvgIpc) is 3.17. The number of guanidine groups is 1. The number of amides is 1. The minimum atomic E-state index is 0.214. The highest BCUT2D eigenvalue weighted by atomic mass is 16.5. The number of benzene rings is 2. The molecule has 1 aliphatic rings. The summed E-state index contributed by atoms with van der Waals surface area (Å²) < 4.78 is 5.56. The van der Waals surface area contributed by atoms with Gasteiger partial charge in [-0.15, -0.1) is 0 Å². The highest BCUT2D eigenvalue weighted by molar-refractivity contribution is 5.95. The maximum Gasteiger partial charge on any atom is 0.227 e. The summed E-state index contributed by atoms with van der Waals surface area (Å²) >= 11 is 0. The third-order valence-corrected chi connectivity index (χ3v) is 4.75. The van der Waals surface area contributed by atoms with E-state index in [0.717, 1.165) is 48.0 Å². The van der Waals surface area contributed by atoms with E-state index in [2.05, 4.69) is 34.7 Å². The van der Waals surface area contributed by atoms with Gasteiger partial charge in [-0.25, -0.2) is 4.99 Å². The Balaban J connectivity index is 1.58. The van der Waals surface area contributed by atoms with Crippen LogP contribution in [0.3, 0.4) is 0 Å². The van der Waals surface area contributed by atoms with Crippen molar-refractivity contribution in [1.82, 2.24) is 10.6 Å². The maximum absolute atomic E-state index is 11.9. The van der Waals surface area contributed by atoms with E-state index in [0.29, 0.717) is 26.1 Å². The van der Waals surface area contributed by atoms with Gasteiger partial charge in [-0.05, 0) is 55.7 Å². The number of nitrogens with zero attached hydrogens (tertiary/aromatic N) is 2. The molecule has 6 heteroatoms. The van der Waals surface area contributed by atoms with E-state index in [-0.39, 0.29) is 5.91 Å². The van der Waals surface area contributed by atoms with Gasteiger partial charge >= 0.3 is 0 Å². The fraction of sp³-hybridized carbons (Fsp3) is 0.391. The zero-order valence-electron chi connectivity index (χ0n) is 17.3. The Morgan fingerprint density at radius 1 is 1.10 bits per heavy atom.